The number of nitrogens with zero attached hydrogens (tertiary/aromatic N) is 6. The lowest BCUT2D eigenvalue weighted by molar-refractivity contribution is 0.320. The van der Waals surface area contributed by atoms with Crippen molar-refractivity contribution in [1.29, 1.82) is 0 Å². The molecule has 114 valence electrons. The number of hydrogen-bond donors (Lipinski definition) is 0. The molecule has 2 aliphatic rings. The molecule has 3 heterocycles. The van der Waals surface area contributed by atoms with Crippen molar-refractivity contribution in [3.63, 3.8) is 0 Å². The van der Waals surface area contributed by atoms with Gasteiger partial charge in [0.15, 0.2) is 0 Å². The Bertz CT molecular complexity index is 601. The van der Waals surface area contributed by atoms with E-state index in [-0.39, 0.29) is 0 Å². The van der Waals surface area contributed by atoms with Gasteiger partial charge in [0.2, 0.25) is 0 Å². The molecular formula is C16H20N6. The molecule has 6 nitrogen and oxygen atoms in total. The first-order valence-electron chi connectivity index (χ1n) is 7.92. The minimum Gasteiger partial charge on any atom is -0.349 e. The highest BCUT2D eigenvalue weighted by molar-refractivity contribution is 5.42. The Morgan fingerprint density at radius 2 is 2.00 bits per heavy atom. The van der Waals surface area contributed by atoms with Gasteiger partial charge in [-0.3, -0.25) is 14.9 Å². The van der Waals surface area contributed by atoms with Crippen LogP contribution in [0.4, 0.5) is 5.82 Å². The molecule has 22 heavy (non-hydrogen) atoms. The summed E-state index contributed by atoms with van der Waals surface area (Å²) >= 11 is 0. The monoisotopic (exact) mass is 296 g/mol. The van der Waals surface area contributed by atoms with Crippen molar-refractivity contribution < 1.29 is 0 Å². The molecule has 1 saturated heterocycles. The summed E-state index contributed by atoms with van der Waals surface area (Å²) in [4.78, 5) is 22.0. The third-order valence-corrected chi connectivity index (χ3v) is 4.41. The average Bonchev–Trinajstić information content (AvgIpc) is 3.29. The van der Waals surface area contributed by atoms with Crippen LogP contribution in [0.5, 0.6) is 0 Å². The SMILES string of the molecule is c1cc(N(C2CC2)C2CCN(Cc3cnccn3)C2)ncn1. The van der Waals surface area contributed by atoms with Crippen LogP contribution in [0.2, 0.25) is 0 Å². The summed E-state index contributed by atoms with van der Waals surface area (Å²) in [5.74, 6) is 1.07. The van der Waals surface area contributed by atoms with Gasteiger partial charge in [0.1, 0.15) is 12.1 Å². The van der Waals surface area contributed by atoms with Gasteiger partial charge in [-0.2, -0.15) is 0 Å². The molecule has 0 aromatic carbocycles. The van der Waals surface area contributed by atoms with Crippen molar-refractivity contribution in [2.24, 2.45) is 0 Å². The van der Waals surface area contributed by atoms with Crippen LogP contribution in [0.3, 0.4) is 0 Å². The third kappa shape index (κ3) is 2.92. The van der Waals surface area contributed by atoms with Crippen molar-refractivity contribution in [2.45, 2.75) is 37.9 Å². The summed E-state index contributed by atoms with van der Waals surface area (Å²) in [6, 6.07) is 3.24. The first-order valence-corrected chi connectivity index (χ1v) is 7.92. The number of aromatic nitrogens is 4. The summed E-state index contributed by atoms with van der Waals surface area (Å²) < 4.78 is 0. The van der Waals surface area contributed by atoms with Gasteiger partial charge in [0.05, 0.1) is 5.69 Å². The van der Waals surface area contributed by atoms with E-state index in [1.54, 1.807) is 18.7 Å². The highest BCUT2D eigenvalue weighted by Gasteiger charge is 2.37. The lowest BCUT2D eigenvalue weighted by Crippen LogP contribution is -2.39. The molecule has 1 aliphatic heterocycles. The molecule has 6 heteroatoms. The van der Waals surface area contributed by atoms with Gasteiger partial charge in [-0.25, -0.2) is 9.97 Å². The minimum atomic E-state index is 0.541. The molecule has 0 radical (unpaired) electrons. The van der Waals surface area contributed by atoms with Gasteiger partial charge in [0, 0.05) is 56.5 Å². The third-order valence-electron chi connectivity index (χ3n) is 4.41. The molecule has 0 bridgehead atoms. The van der Waals surface area contributed by atoms with Gasteiger partial charge in [-0.15, -0.1) is 0 Å². The van der Waals surface area contributed by atoms with E-state index < -0.39 is 0 Å². The normalized spacial score (nSPS) is 21.9. The Morgan fingerprint density at radius 1 is 1.05 bits per heavy atom. The van der Waals surface area contributed by atoms with Crippen molar-refractivity contribution in [1.82, 2.24) is 24.8 Å². The molecule has 1 atom stereocenters. The fraction of sp³-hybridized carbons (Fsp3) is 0.500. The van der Waals surface area contributed by atoms with Gasteiger partial charge < -0.3 is 4.90 Å². The van der Waals surface area contributed by atoms with Gasteiger partial charge in [0.25, 0.3) is 0 Å². The molecule has 1 aliphatic carbocycles. The number of anilines is 1. The standard InChI is InChI=1S/C16H20N6/c1-2-14(1)22(16-3-5-18-12-20-16)15-4-8-21(11-15)10-13-9-17-6-7-19-13/h3,5-7,9,12,14-15H,1-2,4,8,10-11H2. The van der Waals surface area contributed by atoms with E-state index in [9.17, 15) is 0 Å². The second-order valence-electron chi connectivity index (χ2n) is 6.08. The van der Waals surface area contributed by atoms with E-state index in [0.717, 1.165) is 31.1 Å². The highest BCUT2D eigenvalue weighted by Crippen LogP contribution is 2.34. The molecule has 2 aromatic heterocycles. The Labute approximate surface area is 130 Å². The van der Waals surface area contributed by atoms with Crippen LogP contribution in [0.25, 0.3) is 0 Å². The largest absolute Gasteiger partial charge is 0.349 e. The van der Waals surface area contributed by atoms with Crippen LogP contribution in [-0.2, 0) is 6.54 Å². The van der Waals surface area contributed by atoms with E-state index in [1.165, 1.54) is 19.3 Å². The summed E-state index contributed by atoms with van der Waals surface area (Å²) in [6.45, 7) is 3.05. The zero-order valence-electron chi connectivity index (χ0n) is 12.5. The Hall–Kier alpha value is -2.08. The van der Waals surface area contributed by atoms with Crippen LogP contribution in [0.15, 0.2) is 37.2 Å². The fourth-order valence-corrected chi connectivity index (χ4v) is 3.28. The van der Waals surface area contributed by atoms with Gasteiger partial charge in [-0.1, -0.05) is 0 Å². The van der Waals surface area contributed by atoms with Crippen molar-refractivity contribution >= 4 is 5.82 Å². The van der Waals surface area contributed by atoms with E-state index in [2.05, 4.69) is 29.7 Å². The number of likely N-dealkylation sites (tertiary alicyclic amines) is 1. The van der Waals surface area contributed by atoms with Gasteiger partial charge >= 0.3 is 0 Å². The molecule has 2 aromatic rings. The van der Waals surface area contributed by atoms with Crippen LogP contribution in [0.1, 0.15) is 25.0 Å². The van der Waals surface area contributed by atoms with E-state index in [0.29, 0.717) is 12.1 Å². The van der Waals surface area contributed by atoms with Crippen LogP contribution < -0.4 is 4.90 Å². The first-order chi connectivity index (χ1) is 10.9. The lowest BCUT2D eigenvalue weighted by atomic mass is 10.2. The predicted molar refractivity (Wildman–Crippen MR) is 83.2 cm³/mol. The lowest BCUT2D eigenvalue weighted by Gasteiger charge is -2.30. The van der Waals surface area contributed by atoms with Crippen molar-refractivity contribution in [3.05, 3.63) is 42.9 Å². The maximum absolute atomic E-state index is 4.47. The Kier molecular flexibility index (Phi) is 3.68. The zero-order chi connectivity index (χ0) is 14.8. The number of hydrogen-bond acceptors (Lipinski definition) is 6. The zero-order valence-corrected chi connectivity index (χ0v) is 12.5. The Morgan fingerprint density at radius 3 is 2.73 bits per heavy atom. The second-order valence-corrected chi connectivity index (χ2v) is 6.08. The average molecular weight is 296 g/mol. The molecule has 4 rings (SSSR count). The van der Waals surface area contributed by atoms with Crippen LogP contribution >= 0.6 is 0 Å². The number of rotatable bonds is 5. The molecule has 0 spiro atoms. The van der Waals surface area contributed by atoms with E-state index in [1.807, 2.05) is 18.5 Å². The molecule has 1 saturated carbocycles. The molecule has 0 amide bonds. The molecule has 0 N–H and O–H groups in total. The molecule has 1 unspecified atom stereocenters. The van der Waals surface area contributed by atoms with Gasteiger partial charge in [-0.05, 0) is 25.3 Å². The molecule has 2 fully saturated rings. The van der Waals surface area contributed by atoms with E-state index in [4.69, 9.17) is 0 Å². The molecular weight excluding hydrogens is 276 g/mol. The van der Waals surface area contributed by atoms with Crippen molar-refractivity contribution in [2.75, 3.05) is 18.0 Å². The van der Waals surface area contributed by atoms with Crippen LogP contribution in [-0.4, -0.2) is 50.0 Å². The maximum atomic E-state index is 4.47. The predicted octanol–water partition coefficient (Wildman–Crippen LogP) is 1.51. The second kappa shape index (κ2) is 5.96. The quantitative estimate of drug-likeness (QED) is 0.833. The fourth-order valence-electron chi connectivity index (χ4n) is 3.28. The summed E-state index contributed by atoms with van der Waals surface area (Å²) in [5.41, 5.74) is 1.04. The highest BCUT2D eigenvalue weighted by atomic mass is 15.3. The first kappa shape index (κ1) is 13.6. The van der Waals surface area contributed by atoms with Crippen molar-refractivity contribution in [3.8, 4) is 0 Å². The van der Waals surface area contributed by atoms with Crippen LogP contribution in [0, 0.1) is 0 Å². The Balaban J connectivity index is 1.44. The topological polar surface area (TPSA) is 58.0 Å². The summed E-state index contributed by atoms with van der Waals surface area (Å²) in [7, 11) is 0. The minimum absolute atomic E-state index is 0.541. The maximum Gasteiger partial charge on any atom is 0.132 e. The summed E-state index contributed by atoms with van der Waals surface area (Å²) in [5, 5.41) is 0. The summed E-state index contributed by atoms with van der Waals surface area (Å²) in [6.07, 6.45) is 12.6. The smallest absolute Gasteiger partial charge is 0.132 e. The van der Waals surface area contributed by atoms with E-state index >= 15 is 0 Å².